The second kappa shape index (κ2) is 14.9. The van der Waals surface area contributed by atoms with E-state index in [1.165, 1.54) is 52.0 Å². The number of ether oxygens (including phenoxy) is 2. The SMILES string of the molecule is COc1ccc(CNc2nc(-c3cccnc3)nc3sc4c(c23)CCCC4)cc1OC.Clc1nc(-c2cccnc2)nc2sc3c(c12)CCCC3. The number of nitrogens with zero attached hydrogens (tertiary/aromatic N) is 6. The Labute approximate surface area is 309 Å². The van der Waals surface area contributed by atoms with Crippen molar-refractivity contribution in [3.05, 3.63) is 98.8 Å². The molecule has 51 heavy (non-hydrogen) atoms. The quantitative estimate of drug-likeness (QED) is 0.160. The van der Waals surface area contributed by atoms with Crippen molar-refractivity contribution in [3.8, 4) is 34.3 Å². The molecule has 0 bridgehead atoms. The zero-order valence-electron chi connectivity index (χ0n) is 28.4. The van der Waals surface area contributed by atoms with E-state index >= 15 is 0 Å². The third kappa shape index (κ3) is 6.85. The second-order valence-electron chi connectivity index (χ2n) is 12.5. The Hall–Kier alpha value is -4.71. The third-order valence-electron chi connectivity index (χ3n) is 9.33. The fourth-order valence-corrected chi connectivity index (χ4v) is 9.68. The monoisotopic (exact) mass is 733 g/mol. The van der Waals surface area contributed by atoms with Crippen LogP contribution in [0.3, 0.4) is 0 Å². The highest BCUT2D eigenvalue weighted by atomic mass is 35.5. The van der Waals surface area contributed by atoms with Gasteiger partial charge < -0.3 is 14.8 Å². The van der Waals surface area contributed by atoms with Gasteiger partial charge >= 0.3 is 0 Å². The van der Waals surface area contributed by atoms with Gasteiger partial charge in [-0.1, -0.05) is 17.7 Å². The molecular weight excluding hydrogens is 698 g/mol. The fraction of sp³-hybridized carbons (Fsp3) is 0.282. The van der Waals surface area contributed by atoms with E-state index in [2.05, 4.69) is 20.3 Å². The van der Waals surface area contributed by atoms with Crippen molar-refractivity contribution < 1.29 is 9.47 Å². The van der Waals surface area contributed by atoms with Crippen LogP contribution in [0.4, 0.5) is 5.82 Å². The average Bonchev–Trinajstić information content (AvgIpc) is 3.76. The van der Waals surface area contributed by atoms with Crippen LogP contribution in [0.25, 0.3) is 43.2 Å². The summed E-state index contributed by atoms with van der Waals surface area (Å²) in [4.78, 5) is 32.3. The van der Waals surface area contributed by atoms with Crippen LogP contribution in [0.15, 0.2) is 67.3 Å². The predicted molar refractivity (Wildman–Crippen MR) is 206 cm³/mol. The minimum Gasteiger partial charge on any atom is -0.493 e. The summed E-state index contributed by atoms with van der Waals surface area (Å²) in [6.07, 6.45) is 16.5. The summed E-state index contributed by atoms with van der Waals surface area (Å²) in [5.41, 5.74) is 5.71. The molecule has 0 atom stereocenters. The van der Waals surface area contributed by atoms with Crippen molar-refractivity contribution in [1.82, 2.24) is 29.9 Å². The fourth-order valence-electron chi connectivity index (χ4n) is 6.82. The van der Waals surface area contributed by atoms with Gasteiger partial charge in [0.15, 0.2) is 23.1 Å². The maximum Gasteiger partial charge on any atom is 0.164 e. The summed E-state index contributed by atoms with van der Waals surface area (Å²) in [6.45, 7) is 0.629. The van der Waals surface area contributed by atoms with Crippen LogP contribution >= 0.6 is 34.3 Å². The molecule has 0 spiro atoms. The van der Waals surface area contributed by atoms with Crippen molar-refractivity contribution >= 4 is 60.5 Å². The average molecular weight is 734 g/mol. The van der Waals surface area contributed by atoms with E-state index in [9.17, 15) is 0 Å². The highest BCUT2D eigenvalue weighted by Gasteiger charge is 2.23. The number of rotatable bonds is 7. The molecule has 0 radical (unpaired) electrons. The molecule has 6 heterocycles. The molecule has 9 nitrogen and oxygen atoms in total. The van der Waals surface area contributed by atoms with Gasteiger partial charge in [0.2, 0.25) is 0 Å². The van der Waals surface area contributed by atoms with Crippen LogP contribution in [0, 0.1) is 0 Å². The number of aromatic nitrogens is 6. The predicted octanol–water partition coefficient (Wildman–Crippen LogP) is 9.55. The standard InChI is InChI=1S/C24H24N4O2S.C15H12ClN3S/c1-29-18-10-9-15(12-19(18)30-2)13-26-23-21-17-7-3-4-8-20(17)31-24(21)28-22(27-23)16-6-5-11-25-14-16;16-13-12-10-5-1-2-6-11(10)20-15(12)19-14(18-13)9-4-3-7-17-8-9/h5-6,9-12,14H,3-4,7-8,13H2,1-2H3,(H,26,27,28);3-4,7-8H,1-2,5-6H2. The Morgan fingerprint density at radius 2 is 1.27 bits per heavy atom. The first kappa shape index (κ1) is 33.4. The Morgan fingerprint density at radius 3 is 1.88 bits per heavy atom. The van der Waals surface area contributed by atoms with Crippen LogP contribution in [-0.4, -0.2) is 44.1 Å². The summed E-state index contributed by atoms with van der Waals surface area (Å²) in [5, 5.41) is 6.40. The summed E-state index contributed by atoms with van der Waals surface area (Å²) >= 11 is 10.00. The van der Waals surface area contributed by atoms with Gasteiger partial charge in [0, 0.05) is 52.2 Å². The molecule has 0 saturated carbocycles. The number of benzene rings is 1. The first-order valence-corrected chi connectivity index (χ1v) is 19.2. The molecule has 0 unspecified atom stereocenters. The highest BCUT2D eigenvalue weighted by Crippen LogP contribution is 2.41. The largest absolute Gasteiger partial charge is 0.493 e. The smallest absolute Gasteiger partial charge is 0.164 e. The third-order valence-corrected chi connectivity index (χ3v) is 12.0. The van der Waals surface area contributed by atoms with Gasteiger partial charge in [0.05, 0.1) is 25.0 Å². The van der Waals surface area contributed by atoms with Crippen molar-refractivity contribution in [2.45, 2.75) is 57.9 Å². The summed E-state index contributed by atoms with van der Waals surface area (Å²) in [6, 6.07) is 13.7. The Morgan fingerprint density at radius 1 is 0.686 bits per heavy atom. The van der Waals surface area contributed by atoms with Gasteiger partial charge in [-0.2, -0.15) is 0 Å². The highest BCUT2D eigenvalue weighted by molar-refractivity contribution is 7.19. The maximum absolute atomic E-state index is 6.43. The second-order valence-corrected chi connectivity index (χ2v) is 15.1. The van der Waals surface area contributed by atoms with Crippen LogP contribution < -0.4 is 14.8 Å². The molecule has 1 N–H and O–H groups in total. The van der Waals surface area contributed by atoms with Gasteiger partial charge in [0.25, 0.3) is 0 Å². The Kier molecular flexibility index (Phi) is 9.75. The van der Waals surface area contributed by atoms with E-state index in [1.54, 1.807) is 44.1 Å². The zero-order chi connectivity index (χ0) is 34.7. The molecule has 12 heteroatoms. The molecule has 258 valence electrons. The van der Waals surface area contributed by atoms with E-state index in [1.807, 2.05) is 60.0 Å². The maximum atomic E-state index is 6.43. The summed E-state index contributed by atoms with van der Waals surface area (Å²) in [7, 11) is 3.30. The molecular formula is C39H36ClN7O2S2. The number of halogens is 1. The minimum absolute atomic E-state index is 0.577. The molecule has 0 amide bonds. The molecule has 1 aromatic carbocycles. The molecule has 2 aliphatic rings. The van der Waals surface area contributed by atoms with E-state index in [0.29, 0.717) is 23.3 Å². The molecule has 0 fully saturated rings. The van der Waals surface area contributed by atoms with Gasteiger partial charge in [-0.3, -0.25) is 9.97 Å². The number of hydrogen-bond donors (Lipinski definition) is 1. The molecule has 6 aromatic heterocycles. The van der Waals surface area contributed by atoms with Gasteiger partial charge in [-0.05, 0) is 104 Å². The number of thiophene rings is 2. The van der Waals surface area contributed by atoms with E-state index in [-0.39, 0.29) is 0 Å². The number of hydrogen-bond acceptors (Lipinski definition) is 11. The van der Waals surface area contributed by atoms with E-state index in [0.717, 1.165) is 74.7 Å². The van der Waals surface area contributed by atoms with Gasteiger partial charge in [-0.25, -0.2) is 19.9 Å². The first-order valence-electron chi connectivity index (χ1n) is 17.1. The van der Waals surface area contributed by atoms with Gasteiger partial charge in [-0.15, -0.1) is 22.7 Å². The normalized spacial score (nSPS) is 13.6. The van der Waals surface area contributed by atoms with Crippen LogP contribution in [0.1, 0.15) is 52.1 Å². The van der Waals surface area contributed by atoms with Crippen LogP contribution in [0.2, 0.25) is 5.15 Å². The summed E-state index contributed by atoms with van der Waals surface area (Å²) < 4.78 is 10.8. The molecule has 9 rings (SSSR count). The number of anilines is 1. The number of fused-ring (bicyclic) bond motifs is 6. The lowest BCUT2D eigenvalue weighted by Gasteiger charge is -2.14. The number of aryl methyl sites for hydroxylation is 4. The van der Waals surface area contributed by atoms with Crippen molar-refractivity contribution in [1.29, 1.82) is 0 Å². The minimum atomic E-state index is 0.577. The van der Waals surface area contributed by atoms with E-state index in [4.69, 9.17) is 36.0 Å². The molecule has 7 aromatic rings. The zero-order valence-corrected chi connectivity index (χ0v) is 30.8. The van der Waals surface area contributed by atoms with Gasteiger partial charge in [0.1, 0.15) is 20.6 Å². The lowest BCUT2D eigenvalue weighted by atomic mass is 9.97. The Balaban J connectivity index is 0.000000161. The lowest BCUT2D eigenvalue weighted by Crippen LogP contribution is -2.06. The van der Waals surface area contributed by atoms with Crippen LogP contribution in [0.5, 0.6) is 11.5 Å². The topological polar surface area (TPSA) is 108 Å². The number of methoxy groups -OCH3 is 2. The number of pyridine rings is 2. The van der Waals surface area contributed by atoms with E-state index < -0.39 is 0 Å². The Bertz CT molecular complexity index is 2330. The van der Waals surface area contributed by atoms with Crippen LogP contribution in [-0.2, 0) is 32.2 Å². The summed E-state index contributed by atoms with van der Waals surface area (Å²) in [5.74, 6) is 3.70. The molecule has 0 saturated heterocycles. The van der Waals surface area contributed by atoms with Crippen molar-refractivity contribution in [3.63, 3.8) is 0 Å². The van der Waals surface area contributed by atoms with Crippen molar-refractivity contribution in [2.75, 3.05) is 19.5 Å². The number of nitrogens with one attached hydrogen (secondary N) is 1. The van der Waals surface area contributed by atoms with Crippen molar-refractivity contribution in [2.24, 2.45) is 0 Å². The molecule has 0 aliphatic heterocycles. The lowest BCUT2D eigenvalue weighted by molar-refractivity contribution is 0.354. The first-order chi connectivity index (χ1) is 25.1. The molecule has 2 aliphatic carbocycles.